The van der Waals surface area contributed by atoms with E-state index in [1.807, 2.05) is 13.8 Å². The predicted octanol–water partition coefficient (Wildman–Crippen LogP) is -0.509. The van der Waals surface area contributed by atoms with E-state index < -0.39 is 19.1 Å². The molecule has 0 aliphatic carbocycles. The summed E-state index contributed by atoms with van der Waals surface area (Å²) in [5.41, 5.74) is 11.6. The molecule has 0 bridgehead atoms. The number of aliphatic carboxylic acids is 1. The molecule has 0 spiro atoms. The van der Waals surface area contributed by atoms with Crippen molar-refractivity contribution in [3.05, 3.63) is 0 Å². The number of hydrogen-bond acceptors (Lipinski definition) is 6. The highest BCUT2D eigenvalue weighted by Gasteiger charge is 2.27. The van der Waals surface area contributed by atoms with Crippen molar-refractivity contribution in [2.45, 2.75) is 51.9 Å². The first-order chi connectivity index (χ1) is 11.2. The Labute approximate surface area is 144 Å². The van der Waals surface area contributed by atoms with Crippen LogP contribution in [-0.4, -0.2) is 64.7 Å². The van der Waals surface area contributed by atoms with Crippen molar-refractivity contribution in [2.75, 3.05) is 19.6 Å². The Balaban J connectivity index is 4.89. The first-order valence-corrected chi connectivity index (χ1v) is 8.55. The molecule has 0 fully saturated rings. The molecule has 0 aliphatic rings. The molecule has 0 radical (unpaired) electrons. The molecule has 1 unspecified atom stereocenters. The SMILES string of the molecule is CC[C@H](C)[C@H](N)C(=O)N(CCN)CC(CCCB(O)O)CC(=O)O. The molecule has 0 aromatic carbocycles. The third kappa shape index (κ3) is 9.22. The molecule has 0 aliphatic heterocycles. The van der Waals surface area contributed by atoms with Crippen molar-refractivity contribution in [1.82, 2.24) is 4.90 Å². The van der Waals surface area contributed by atoms with Crippen LogP contribution in [0.5, 0.6) is 0 Å². The molecule has 1 amide bonds. The molecular formula is C15H32BN3O5. The van der Waals surface area contributed by atoms with Gasteiger partial charge in [-0.15, -0.1) is 0 Å². The van der Waals surface area contributed by atoms with Crippen LogP contribution in [0.25, 0.3) is 0 Å². The maximum absolute atomic E-state index is 12.6. The second-order valence-electron chi connectivity index (χ2n) is 6.36. The average molecular weight is 345 g/mol. The van der Waals surface area contributed by atoms with Gasteiger partial charge in [0.15, 0.2) is 0 Å². The number of carbonyl (C=O) groups excluding carboxylic acids is 1. The Morgan fingerprint density at radius 2 is 1.92 bits per heavy atom. The minimum absolute atomic E-state index is 0.0280. The molecule has 140 valence electrons. The summed E-state index contributed by atoms with van der Waals surface area (Å²) in [7, 11) is -1.41. The highest BCUT2D eigenvalue weighted by molar-refractivity contribution is 6.40. The fourth-order valence-corrected chi connectivity index (χ4v) is 2.56. The Morgan fingerprint density at radius 1 is 1.29 bits per heavy atom. The number of amides is 1. The van der Waals surface area contributed by atoms with Crippen molar-refractivity contribution < 1.29 is 24.7 Å². The van der Waals surface area contributed by atoms with E-state index in [1.165, 1.54) is 0 Å². The first kappa shape index (κ1) is 22.8. The summed E-state index contributed by atoms with van der Waals surface area (Å²) in [4.78, 5) is 25.1. The number of rotatable bonds is 13. The third-order valence-corrected chi connectivity index (χ3v) is 4.27. The number of hydrogen-bond donors (Lipinski definition) is 5. The van der Waals surface area contributed by atoms with Crippen LogP contribution in [0.2, 0.25) is 6.32 Å². The highest BCUT2D eigenvalue weighted by atomic mass is 16.4. The maximum atomic E-state index is 12.6. The number of carbonyl (C=O) groups is 2. The highest BCUT2D eigenvalue weighted by Crippen LogP contribution is 2.17. The monoisotopic (exact) mass is 345 g/mol. The molecule has 3 atom stereocenters. The smallest absolute Gasteiger partial charge is 0.451 e. The molecule has 0 rings (SSSR count). The second-order valence-corrected chi connectivity index (χ2v) is 6.36. The summed E-state index contributed by atoms with van der Waals surface area (Å²) in [5.74, 6) is -1.41. The van der Waals surface area contributed by atoms with Crippen molar-refractivity contribution in [3.63, 3.8) is 0 Å². The van der Waals surface area contributed by atoms with Gasteiger partial charge in [0.05, 0.1) is 6.04 Å². The number of carboxylic acid groups (broad SMARTS) is 1. The van der Waals surface area contributed by atoms with Gasteiger partial charge in [0.1, 0.15) is 0 Å². The normalized spacial score (nSPS) is 14.8. The summed E-state index contributed by atoms with van der Waals surface area (Å²) >= 11 is 0. The zero-order valence-electron chi connectivity index (χ0n) is 14.7. The van der Waals surface area contributed by atoms with Gasteiger partial charge in [-0.25, -0.2) is 0 Å². The van der Waals surface area contributed by atoms with Crippen molar-refractivity contribution in [3.8, 4) is 0 Å². The quantitative estimate of drug-likeness (QED) is 0.282. The van der Waals surface area contributed by atoms with Crippen LogP contribution in [0.3, 0.4) is 0 Å². The molecule has 9 heteroatoms. The van der Waals surface area contributed by atoms with Gasteiger partial charge in [-0.2, -0.15) is 0 Å². The topological polar surface area (TPSA) is 150 Å². The van der Waals surface area contributed by atoms with Crippen molar-refractivity contribution >= 4 is 19.0 Å². The van der Waals surface area contributed by atoms with Crippen molar-refractivity contribution in [2.24, 2.45) is 23.3 Å². The average Bonchev–Trinajstić information content (AvgIpc) is 2.51. The van der Waals surface area contributed by atoms with Gasteiger partial charge in [0.25, 0.3) is 0 Å². The molecule has 0 aromatic heterocycles. The van der Waals surface area contributed by atoms with Crippen LogP contribution in [0.4, 0.5) is 0 Å². The first-order valence-electron chi connectivity index (χ1n) is 8.55. The molecule has 0 aromatic rings. The fourth-order valence-electron chi connectivity index (χ4n) is 2.56. The summed E-state index contributed by atoms with van der Waals surface area (Å²) in [5, 5.41) is 26.9. The van der Waals surface area contributed by atoms with Gasteiger partial charge in [-0.05, 0) is 24.6 Å². The Kier molecular flexibility index (Phi) is 11.7. The van der Waals surface area contributed by atoms with Crippen LogP contribution >= 0.6 is 0 Å². The molecule has 0 heterocycles. The number of nitrogens with two attached hydrogens (primary N) is 2. The van der Waals surface area contributed by atoms with E-state index in [1.54, 1.807) is 4.90 Å². The molecule has 7 N–H and O–H groups in total. The van der Waals surface area contributed by atoms with E-state index in [4.69, 9.17) is 26.6 Å². The predicted molar refractivity (Wildman–Crippen MR) is 93.0 cm³/mol. The van der Waals surface area contributed by atoms with Gasteiger partial charge < -0.3 is 31.5 Å². The van der Waals surface area contributed by atoms with Crippen LogP contribution in [0, 0.1) is 11.8 Å². The van der Waals surface area contributed by atoms with E-state index in [2.05, 4.69) is 0 Å². The molecule has 0 saturated heterocycles. The largest absolute Gasteiger partial charge is 0.481 e. The second kappa shape index (κ2) is 12.2. The minimum atomic E-state index is -1.41. The summed E-state index contributed by atoms with van der Waals surface area (Å²) in [6.45, 7) is 4.71. The van der Waals surface area contributed by atoms with E-state index in [0.29, 0.717) is 19.4 Å². The van der Waals surface area contributed by atoms with Crippen LogP contribution in [-0.2, 0) is 9.59 Å². The van der Waals surface area contributed by atoms with Gasteiger partial charge in [-0.1, -0.05) is 26.7 Å². The van der Waals surface area contributed by atoms with Crippen LogP contribution < -0.4 is 11.5 Å². The molecular weight excluding hydrogens is 313 g/mol. The lowest BCUT2D eigenvalue weighted by Crippen LogP contribution is -2.50. The number of nitrogens with zero attached hydrogens (tertiary/aromatic N) is 1. The molecule has 0 saturated carbocycles. The summed E-state index contributed by atoms with van der Waals surface area (Å²) in [6, 6.07) is -0.633. The van der Waals surface area contributed by atoms with Gasteiger partial charge in [-0.3, -0.25) is 9.59 Å². The molecule has 24 heavy (non-hydrogen) atoms. The summed E-state index contributed by atoms with van der Waals surface area (Å²) < 4.78 is 0. The fraction of sp³-hybridized carbons (Fsp3) is 0.867. The van der Waals surface area contributed by atoms with Gasteiger partial charge in [0, 0.05) is 26.1 Å². The zero-order valence-corrected chi connectivity index (χ0v) is 14.7. The van der Waals surface area contributed by atoms with E-state index in [9.17, 15) is 9.59 Å². The van der Waals surface area contributed by atoms with Crippen LogP contribution in [0.15, 0.2) is 0 Å². The zero-order chi connectivity index (χ0) is 18.7. The van der Waals surface area contributed by atoms with Gasteiger partial charge >= 0.3 is 13.1 Å². The minimum Gasteiger partial charge on any atom is -0.481 e. The van der Waals surface area contributed by atoms with Gasteiger partial charge in [0.2, 0.25) is 5.91 Å². The van der Waals surface area contributed by atoms with Crippen LogP contribution in [0.1, 0.15) is 39.5 Å². The van der Waals surface area contributed by atoms with E-state index in [0.717, 1.165) is 6.42 Å². The maximum Gasteiger partial charge on any atom is 0.451 e. The third-order valence-electron chi connectivity index (χ3n) is 4.27. The number of carboxylic acids is 1. The lowest BCUT2D eigenvalue weighted by atomic mass is 9.81. The summed E-state index contributed by atoms with van der Waals surface area (Å²) in [6.07, 6.45) is 1.81. The van der Waals surface area contributed by atoms with Crippen molar-refractivity contribution in [1.29, 1.82) is 0 Å². The lowest BCUT2D eigenvalue weighted by Gasteiger charge is -2.30. The Bertz CT molecular complexity index is 384. The van der Waals surface area contributed by atoms with E-state index in [-0.39, 0.29) is 43.6 Å². The Hall–Kier alpha value is -1.16. The molecule has 8 nitrogen and oxygen atoms in total. The standard InChI is InChI=1S/C15H32BN3O5/c1-3-11(2)14(18)15(22)19(8-7-17)10-12(9-13(20)21)5-4-6-16(23)24/h11-12,14,23-24H,3-10,17-18H2,1-2H3,(H,20,21)/t11-,12?,14-/m0/s1. The van der Waals surface area contributed by atoms with E-state index >= 15 is 0 Å². The Morgan fingerprint density at radius 3 is 2.38 bits per heavy atom. The lowest BCUT2D eigenvalue weighted by molar-refractivity contribution is -0.140.